The van der Waals surface area contributed by atoms with Crippen LogP contribution in [-0.2, 0) is 4.74 Å². The first-order chi connectivity index (χ1) is 14.0. The van der Waals surface area contributed by atoms with Crippen molar-refractivity contribution in [3.63, 3.8) is 0 Å². The van der Waals surface area contributed by atoms with Crippen molar-refractivity contribution >= 4 is 64.0 Å². The zero-order valence-electron chi connectivity index (χ0n) is 15.6. The summed E-state index contributed by atoms with van der Waals surface area (Å²) in [5.41, 5.74) is 0.378. The van der Waals surface area contributed by atoms with Crippen LogP contribution < -0.4 is 10.1 Å². The van der Waals surface area contributed by atoms with Crippen molar-refractivity contribution in [2.75, 3.05) is 5.32 Å². The Bertz CT molecular complexity index is 919. The first kappa shape index (κ1) is 24.5. The van der Waals surface area contributed by atoms with Gasteiger partial charge in [-0.15, -0.1) is 0 Å². The van der Waals surface area contributed by atoms with E-state index in [1.165, 1.54) is 18.2 Å². The summed E-state index contributed by atoms with van der Waals surface area (Å²) in [7, 11) is 0. The molecule has 0 saturated carbocycles. The van der Waals surface area contributed by atoms with Crippen molar-refractivity contribution in [3.8, 4) is 5.75 Å². The molecule has 0 fully saturated rings. The summed E-state index contributed by atoms with van der Waals surface area (Å²) in [6.07, 6.45) is -4.15. The molecule has 2 aromatic rings. The van der Waals surface area contributed by atoms with E-state index in [9.17, 15) is 13.6 Å². The van der Waals surface area contributed by atoms with Gasteiger partial charge in [0.05, 0.1) is 21.7 Å². The predicted molar refractivity (Wildman–Crippen MR) is 116 cm³/mol. The van der Waals surface area contributed by atoms with Gasteiger partial charge in [0.1, 0.15) is 5.75 Å². The average molecular weight is 500 g/mol. The van der Waals surface area contributed by atoms with Gasteiger partial charge < -0.3 is 14.8 Å². The molecule has 5 nitrogen and oxygen atoms in total. The highest BCUT2D eigenvalue weighted by molar-refractivity contribution is 6.44. The molecule has 0 spiro atoms. The van der Waals surface area contributed by atoms with Crippen molar-refractivity contribution < 1.29 is 23.0 Å². The number of alkyl halides is 4. The van der Waals surface area contributed by atoms with Gasteiger partial charge in [0.25, 0.3) is 0 Å². The van der Waals surface area contributed by atoms with Crippen molar-refractivity contribution in [1.82, 2.24) is 0 Å². The third kappa shape index (κ3) is 6.87. The molecule has 2 amide bonds. The summed E-state index contributed by atoms with van der Waals surface area (Å²) < 4.78 is 37.2. The van der Waals surface area contributed by atoms with Crippen LogP contribution in [0.25, 0.3) is 0 Å². The molecule has 0 aliphatic carbocycles. The summed E-state index contributed by atoms with van der Waals surface area (Å²) >= 11 is 22.7. The number of nitrogens with one attached hydrogen (secondary N) is 1. The van der Waals surface area contributed by atoms with Gasteiger partial charge in [-0.05, 0) is 38.1 Å². The van der Waals surface area contributed by atoms with Crippen LogP contribution >= 0.6 is 46.4 Å². The lowest BCUT2D eigenvalue weighted by atomic mass is 10.2. The number of benzene rings is 2. The number of anilines is 1. The van der Waals surface area contributed by atoms with Crippen LogP contribution in [0.1, 0.15) is 19.4 Å². The molecule has 0 atom stereocenters. The second-order valence-electron chi connectivity index (χ2n) is 6.10. The quantitative estimate of drug-likeness (QED) is 0.260. The van der Waals surface area contributed by atoms with Gasteiger partial charge in [0.15, 0.2) is 0 Å². The van der Waals surface area contributed by atoms with Crippen LogP contribution in [0.15, 0.2) is 47.5 Å². The normalized spacial score (nSPS) is 12.3. The summed E-state index contributed by atoms with van der Waals surface area (Å²) in [4.78, 5) is 14.2. The topological polar surface area (TPSA) is 59.9 Å². The molecule has 2 aromatic carbocycles. The van der Waals surface area contributed by atoms with E-state index in [-0.39, 0.29) is 39.0 Å². The maximum absolute atomic E-state index is 13.5. The number of urea groups is 1. The van der Waals surface area contributed by atoms with Crippen molar-refractivity contribution in [1.29, 1.82) is 0 Å². The molecular weight excluding hydrogens is 484 g/mol. The van der Waals surface area contributed by atoms with Crippen molar-refractivity contribution in [2.45, 2.75) is 30.9 Å². The molecule has 0 radical (unpaired) electrons. The van der Waals surface area contributed by atoms with E-state index in [1.807, 2.05) is 0 Å². The molecule has 0 unspecified atom stereocenters. The van der Waals surface area contributed by atoms with E-state index in [0.29, 0.717) is 0 Å². The highest BCUT2D eigenvalue weighted by Crippen LogP contribution is 2.31. The van der Waals surface area contributed by atoms with Crippen molar-refractivity contribution in [3.05, 3.63) is 58.1 Å². The zero-order valence-corrected chi connectivity index (χ0v) is 18.7. The maximum atomic E-state index is 13.5. The van der Waals surface area contributed by atoms with E-state index < -0.39 is 17.0 Å². The third-order valence-electron chi connectivity index (χ3n) is 3.32. The van der Waals surface area contributed by atoms with Gasteiger partial charge in [0, 0.05) is 11.8 Å². The lowest BCUT2D eigenvalue weighted by molar-refractivity contribution is -0.163. The van der Waals surface area contributed by atoms with E-state index in [0.717, 1.165) is 6.07 Å². The van der Waals surface area contributed by atoms with Crippen LogP contribution in [0, 0.1) is 0 Å². The van der Waals surface area contributed by atoms with Gasteiger partial charge in [-0.3, -0.25) is 0 Å². The highest BCUT2D eigenvalue weighted by Gasteiger charge is 2.40. The van der Waals surface area contributed by atoms with E-state index >= 15 is 0 Å². The molecule has 0 aliphatic heterocycles. The monoisotopic (exact) mass is 498 g/mol. The predicted octanol–water partition coefficient (Wildman–Crippen LogP) is 7.17. The van der Waals surface area contributed by atoms with E-state index in [2.05, 4.69) is 15.0 Å². The minimum Gasteiger partial charge on any atom is -0.474 e. The molecule has 1 N–H and O–H groups in total. The Morgan fingerprint density at radius 2 is 1.70 bits per heavy atom. The Morgan fingerprint density at radius 3 is 2.27 bits per heavy atom. The Morgan fingerprint density at radius 1 is 1.10 bits per heavy atom. The SMILES string of the molecule is CC(C)OC(=NC(=O)Nc1cccc(OC(F)(F)C(Cl)Cl)c1)c1c(Cl)cccc1Cl. The molecule has 2 rings (SSSR count). The zero-order chi connectivity index (χ0) is 22.5. The van der Waals surface area contributed by atoms with Crippen molar-refractivity contribution in [2.24, 2.45) is 4.99 Å². The fourth-order valence-corrected chi connectivity index (χ4v) is 2.80. The van der Waals surface area contributed by atoms with Crippen LogP contribution in [0.3, 0.4) is 0 Å². The Kier molecular flexibility index (Phi) is 8.55. The number of aliphatic imine (C=N–C) groups is 1. The number of amides is 2. The molecule has 0 heterocycles. The summed E-state index contributed by atoms with van der Waals surface area (Å²) in [5.74, 6) is -0.356. The van der Waals surface area contributed by atoms with Crippen LogP contribution in [0.2, 0.25) is 10.0 Å². The number of carbonyl (C=O) groups is 1. The molecule has 162 valence electrons. The minimum absolute atomic E-state index is 0.0934. The van der Waals surface area contributed by atoms with E-state index in [4.69, 9.17) is 51.1 Å². The second-order valence-corrected chi connectivity index (χ2v) is 8.01. The van der Waals surface area contributed by atoms with Gasteiger partial charge in [-0.1, -0.05) is 58.5 Å². The molecule has 11 heteroatoms. The first-order valence-corrected chi connectivity index (χ1v) is 10.1. The van der Waals surface area contributed by atoms with Crippen LogP contribution in [0.4, 0.5) is 19.3 Å². The van der Waals surface area contributed by atoms with Gasteiger partial charge in [0.2, 0.25) is 10.7 Å². The standard InChI is InChI=1S/C19H16Cl4F2N2O3/c1-10(2)29-16(15-13(20)7-4-8-14(15)21)27-18(28)26-11-5-3-6-12(9-11)30-19(24,25)17(22)23/h3-10,17H,1-2H3,(H,26,28). The fourth-order valence-electron chi connectivity index (χ4n) is 2.15. The van der Waals surface area contributed by atoms with Gasteiger partial charge in [-0.25, -0.2) is 4.79 Å². The lowest BCUT2D eigenvalue weighted by Crippen LogP contribution is -2.32. The van der Waals surface area contributed by atoms with Crippen LogP contribution in [-0.4, -0.2) is 29.0 Å². The average Bonchev–Trinajstić information content (AvgIpc) is 2.60. The second kappa shape index (κ2) is 10.5. The smallest absolute Gasteiger partial charge is 0.428 e. The number of carbonyl (C=O) groups excluding carboxylic acids is 1. The number of hydrogen-bond donors (Lipinski definition) is 1. The molecule has 0 saturated heterocycles. The number of ether oxygens (including phenoxy) is 2. The summed E-state index contributed by atoms with van der Waals surface area (Å²) in [6, 6.07) is 9.17. The van der Waals surface area contributed by atoms with E-state index in [1.54, 1.807) is 32.0 Å². The number of hydrogen-bond acceptors (Lipinski definition) is 3. The number of rotatable bonds is 6. The lowest BCUT2D eigenvalue weighted by Gasteiger charge is -2.19. The highest BCUT2D eigenvalue weighted by atomic mass is 35.5. The van der Waals surface area contributed by atoms with Gasteiger partial charge in [-0.2, -0.15) is 13.8 Å². The third-order valence-corrected chi connectivity index (χ3v) is 4.46. The van der Waals surface area contributed by atoms with Crippen LogP contribution in [0.5, 0.6) is 5.75 Å². The fraction of sp³-hybridized carbons (Fsp3) is 0.263. The number of nitrogens with zero attached hydrogens (tertiary/aromatic N) is 1. The summed E-state index contributed by atoms with van der Waals surface area (Å²) in [5, 5.41) is 2.91. The molecular formula is C19H16Cl4F2N2O3. The maximum Gasteiger partial charge on any atom is 0.428 e. The minimum atomic E-state index is -3.82. The molecule has 0 aromatic heterocycles. The molecule has 0 aliphatic rings. The molecule has 30 heavy (non-hydrogen) atoms. The summed E-state index contributed by atoms with van der Waals surface area (Å²) in [6.45, 7) is 3.47. The number of halogens is 6. The first-order valence-electron chi connectivity index (χ1n) is 8.45. The Balaban J connectivity index is 2.27. The van der Waals surface area contributed by atoms with Gasteiger partial charge >= 0.3 is 12.1 Å². The Hall–Kier alpha value is -1.80. The largest absolute Gasteiger partial charge is 0.474 e. The Labute approximate surface area is 191 Å². The molecule has 0 bridgehead atoms.